The maximum atomic E-state index is 12.2. The van der Waals surface area contributed by atoms with Gasteiger partial charge in [0.25, 0.3) is 5.91 Å². The molecule has 5 nitrogen and oxygen atoms in total. The maximum Gasteiger partial charge on any atom is 0.262 e. The number of piperazine rings is 1. The van der Waals surface area contributed by atoms with Crippen molar-refractivity contribution in [1.82, 2.24) is 4.90 Å². The maximum absolute atomic E-state index is 12.2. The van der Waals surface area contributed by atoms with Gasteiger partial charge in [0.05, 0.1) is 15.1 Å². The third-order valence-corrected chi connectivity index (χ3v) is 5.69. The highest BCUT2D eigenvalue weighted by Gasteiger charge is 2.16. The Balaban J connectivity index is 1.51. The summed E-state index contributed by atoms with van der Waals surface area (Å²) in [7, 11) is 0. The first-order valence-electron chi connectivity index (χ1n) is 9.11. The van der Waals surface area contributed by atoms with Gasteiger partial charge in [0.2, 0.25) is 0 Å². The molecule has 1 N–H and O–H groups in total. The van der Waals surface area contributed by atoms with E-state index in [1.165, 1.54) is 12.1 Å². The van der Waals surface area contributed by atoms with Crippen molar-refractivity contribution in [1.29, 1.82) is 0 Å². The summed E-state index contributed by atoms with van der Waals surface area (Å²) in [6, 6.07) is 10.8. The molecule has 1 aliphatic heterocycles. The molecule has 1 fully saturated rings. The molecule has 0 radical (unpaired) electrons. The molecule has 2 aromatic carbocycles. The van der Waals surface area contributed by atoms with Crippen molar-refractivity contribution in [3.63, 3.8) is 0 Å². The van der Waals surface area contributed by atoms with E-state index in [1.54, 1.807) is 0 Å². The Morgan fingerprint density at radius 3 is 2.29 bits per heavy atom. The van der Waals surface area contributed by atoms with Gasteiger partial charge in [-0.25, -0.2) is 0 Å². The van der Waals surface area contributed by atoms with Crippen LogP contribution in [0.2, 0.25) is 15.1 Å². The average Bonchev–Trinajstić information content (AvgIpc) is 2.70. The molecule has 0 saturated carbocycles. The summed E-state index contributed by atoms with van der Waals surface area (Å²) in [5, 5.41) is 3.76. The number of hydrogen-bond donors (Lipinski definition) is 1. The topological polar surface area (TPSA) is 44.8 Å². The number of benzene rings is 2. The van der Waals surface area contributed by atoms with Gasteiger partial charge in [-0.2, -0.15) is 0 Å². The normalized spacial score (nSPS) is 14.8. The number of nitrogens with one attached hydrogen (secondary N) is 1. The van der Waals surface area contributed by atoms with Crippen molar-refractivity contribution in [3.8, 4) is 5.75 Å². The molecular formula is C20H22Cl3N3O2. The lowest BCUT2D eigenvalue weighted by molar-refractivity contribution is -0.118. The summed E-state index contributed by atoms with van der Waals surface area (Å²) in [5.74, 6) is 0.0271. The van der Waals surface area contributed by atoms with E-state index in [2.05, 4.69) is 22.0 Å². The lowest BCUT2D eigenvalue weighted by atomic mass is 10.2. The Morgan fingerprint density at radius 2 is 1.64 bits per heavy atom. The fraction of sp³-hybridized carbons (Fsp3) is 0.350. The quantitative estimate of drug-likeness (QED) is 0.652. The van der Waals surface area contributed by atoms with Crippen molar-refractivity contribution in [3.05, 3.63) is 51.5 Å². The van der Waals surface area contributed by atoms with Crippen LogP contribution >= 0.6 is 34.8 Å². The Bertz CT molecular complexity index is 822. The Labute approximate surface area is 180 Å². The highest BCUT2D eigenvalue weighted by atomic mass is 35.5. The number of carbonyl (C=O) groups is 1. The van der Waals surface area contributed by atoms with Crippen molar-refractivity contribution >= 4 is 52.1 Å². The van der Waals surface area contributed by atoms with Crippen LogP contribution in [0.5, 0.6) is 5.75 Å². The molecule has 1 amide bonds. The van der Waals surface area contributed by atoms with Crippen LogP contribution in [-0.2, 0) is 4.79 Å². The molecule has 3 rings (SSSR count). The summed E-state index contributed by atoms with van der Waals surface area (Å²) < 4.78 is 5.45. The Hall–Kier alpha value is -1.66. The van der Waals surface area contributed by atoms with Crippen molar-refractivity contribution in [2.24, 2.45) is 0 Å². The predicted octanol–water partition coefficient (Wildman–Crippen LogP) is 4.81. The minimum absolute atomic E-state index is 0.182. The van der Waals surface area contributed by atoms with E-state index in [-0.39, 0.29) is 12.5 Å². The summed E-state index contributed by atoms with van der Waals surface area (Å²) in [5.41, 5.74) is 1.87. The molecule has 2 aromatic rings. The van der Waals surface area contributed by atoms with E-state index in [4.69, 9.17) is 39.5 Å². The van der Waals surface area contributed by atoms with Gasteiger partial charge in [0.1, 0.15) is 5.75 Å². The second kappa shape index (κ2) is 9.70. The second-order valence-corrected chi connectivity index (χ2v) is 7.72. The number of likely N-dealkylation sites (N-methyl/N-ethyl adjacent to an activating group) is 1. The van der Waals surface area contributed by atoms with Crippen LogP contribution in [0.3, 0.4) is 0 Å². The van der Waals surface area contributed by atoms with Crippen LogP contribution in [0.25, 0.3) is 0 Å². The number of carbonyl (C=O) groups excluding carboxylic acids is 1. The third-order valence-electron chi connectivity index (χ3n) is 4.67. The molecule has 0 aromatic heterocycles. The Kier molecular flexibility index (Phi) is 7.30. The van der Waals surface area contributed by atoms with Crippen LogP contribution in [0.15, 0.2) is 36.4 Å². The van der Waals surface area contributed by atoms with E-state index in [1.807, 2.05) is 24.3 Å². The molecule has 28 heavy (non-hydrogen) atoms. The molecular weight excluding hydrogens is 421 g/mol. The summed E-state index contributed by atoms with van der Waals surface area (Å²) in [6.45, 7) is 7.27. The fourth-order valence-electron chi connectivity index (χ4n) is 3.03. The smallest absolute Gasteiger partial charge is 0.262 e. The lowest BCUT2D eigenvalue weighted by Crippen LogP contribution is -2.46. The number of anilines is 2. The van der Waals surface area contributed by atoms with Crippen LogP contribution in [0.1, 0.15) is 6.92 Å². The van der Waals surface area contributed by atoms with Gasteiger partial charge >= 0.3 is 0 Å². The molecule has 0 bridgehead atoms. The summed E-state index contributed by atoms with van der Waals surface area (Å²) in [4.78, 5) is 16.9. The average molecular weight is 443 g/mol. The monoisotopic (exact) mass is 441 g/mol. The predicted molar refractivity (Wildman–Crippen MR) is 116 cm³/mol. The number of nitrogens with zero attached hydrogens (tertiary/aromatic N) is 2. The van der Waals surface area contributed by atoms with Crippen molar-refractivity contribution < 1.29 is 9.53 Å². The number of hydrogen-bond acceptors (Lipinski definition) is 4. The zero-order valence-electron chi connectivity index (χ0n) is 15.6. The van der Waals surface area contributed by atoms with E-state index in [0.717, 1.165) is 38.4 Å². The lowest BCUT2D eigenvalue weighted by Gasteiger charge is -2.35. The molecule has 0 atom stereocenters. The minimum atomic E-state index is -0.286. The zero-order chi connectivity index (χ0) is 20.1. The molecule has 8 heteroatoms. The third kappa shape index (κ3) is 5.45. The van der Waals surface area contributed by atoms with Gasteiger partial charge in [-0.15, -0.1) is 0 Å². The van der Waals surface area contributed by atoms with Gasteiger partial charge in [0, 0.05) is 43.6 Å². The van der Waals surface area contributed by atoms with Gasteiger partial charge in [0.15, 0.2) is 6.61 Å². The van der Waals surface area contributed by atoms with Crippen LogP contribution in [0, 0.1) is 0 Å². The molecule has 150 valence electrons. The highest BCUT2D eigenvalue weighted by molar-refractivity contribution is 6.43. The van der Waals surface area contributed by atoms with E-state index < -0.39 is 0 Å². The fourth-order valence-corrected chi connectivity index (χ4v) is 3.62. The Morgan fingerprint density at radius 1 is 1.00 bits per heavy atom. The molecule has 1 heterocycles. The second-order valence-electron chi connectivity index (χ2n) is 6.50. The summed E-state index contributed by atoms with van der Waals surface area (Å²) in [6.07, 6.45) is 0. The SMILES string of the molecule is CCN1CCN(c2ccc(NC(=O)COc3cc(Cl)c(Cl)cc3Cl)cc2)CC1. The number of amides is 1. The van der Waals surface area contributed by atoms with E-state index >= 15 is 0 Å². The van der Waals surface area contributed by atoms with Gasteiger partial charge < -0.3 is 19.9 Å². The first-order valence-corrected chi connectivity index (χ1v) is 10.2. The number of rotatable bonds is 6. The first kappa shape index (κ1) is 21.1. The molecule has 0 aliphatic carbocycles. The van der Waals surface area contributed by atoms with Crippen molar-refractivity contribution in [2.45, 2.75) is 6.92 Å². The molecule has 0 unspecified atom stereocenters. The van der Waals surface area contributed by atoms with Crippen molar-refractivity contribution in [2.75, 3.05) is 49.5 Å². The molecule has 0 spiro atoms. The minimum Gasteiger partial charge on any atom is -0.482 e. The molecule has 1 saturated heterocycles. The van der Waals surface area contributed by atoms with Gasteiger partial charge in [-0.1, -0.05) is 41.7 Å². The van der Waals surface area contributed by atoms with Crippen LogP contribution < -0.4 is 15.0 Å². The van der Waals surface area contributed by atoms with E-state index in [0.29, 0.717) is 26.5 Å². The van der Waals surface area contributed by atoms with Crippen LogP contribution in [-0.4, -0.2) is 50.1 Å². The van der Waals surface area contributed by atoms with Gasteiger partial charge in [-0.05, 0) is 36.9 Å². The van der Waals surface area contributed by atoms with Crippen LogP contribution in [0.4, 0.5) is 11.4 Å². The van der Waals surface area contributed by atoms with Gasteiger partial charge in [-0.3, -0.25) is 4.79 Å². The number of halogens is 3. The standard InChI is InChI=1S/C20H22Cl3N3O2/c1-2-25-7-9-26(10-8-25)15-5-3-14(4-6-15)24-20(27)13-28-19-12-17(22)16(21)11-18(19)23/h3-6,11-12H,2,7-10,13H2,1H3,(H,24,27). The molecule has 1 aliphatic rings. The first-order chi connectivity index (χ1) is 13.5. The number of ether oxygens (including phenoxy) is 1. The van der Waals surface area contributed by atoms with E-state index in [9.17, 15) is 4.79 Å². The zero-order valence-corrected chi connectivity index (χ0v) is 17.8. The largest absolute Gasteiger partial charge is 0.482 e. The summed E-state index contributed by atoms with van der Waals surface area (Å²) >= 11 is 17.9. The highest BCUT2D eigenvalue weighted by Crippen LogP contribution is 2.33.